The van der Waals surface area contributed by atoms with Crippen molar-refractivity contribution in [3.8, 4) is 11.5 Å². The second-order valence-corrected chi connectivity index (χ2v) is 6.38. The molecule has 10 nitrogen and oxygen atoms in total. The van der Waals surface area contributed by atoms with Gasteiger partial charge in [0.05, 0.1) is 12.8 Å². The molecule has 31 heavy (non-hydrogen) atoms. The Hall–Kier alpha value is -3.63. The van der Waals surface area contributed by atoms with Gasteiger partial charge in [-0.3, -0.25) is 10.1 Å². The zero-order valence-corrected chi connectivity index (χ0v) is 17.5. The first-order chi connectivity index (χ1) is 15.1. The molecular formula is C21H24N4O6. The van der Waals surface area contributed by atoms with Crippen LogP contribution in [-0.2, 0) is 20.6 Å². The molecule has 0 saturated heterocycles. The minimum Gasteiger partial charge on any atom is -0.467 e. The average molecular weight is 428 g/mol. The van der Waals surface area contributed by atoms with Crippen molar-refractivity contribution in [2.75, 3.05) is 40.2 Å². The fourth-order valence-corrected chi connectivity index (χ4v) is 2.82. The number of rotatable bonds is 11. The van der Waals surface area contributed by atoms with Crippen LogP contribution in [-0.4, -0.2) is 56.1 Å². The Kier molecular flexibility index (Phi) is 7.79. The minimum atomic E-state index is -0.585. The van der Waals surface area contributed by atoms with Crippen molar-refractivity contribution >= 4 is 17.5 Å². The largest absolute Gasteiger partial charge is 0.467 e. The molecule has 0 saturated carbocycles. The van der Waals surface area contributed by atoms with E-state index < -0.39 is 5.97 Å². The number of H-pyrrole nitrogens is 1. The number of benzene rings is 1. The maximum Gasteiger partial charge on any atom is 0.343 e. The number of esters is 1. The first kappa shape index (κ1) is 22.1. The first-order valence-corrected chi connectivity index (χ1v) is 9.34. The van der Waals surface area contributed by atoms with E-state index in [0.29, 0.717) is 23.7 Å². The van der Waals surface area contributed by atoms with Crippen LogP contribution in [0, 0.1) is 0 Å². The van der Waals surface area contributed by atoms with Crippen LogP contribution < -0.4 is 14.8 Å². The molecule has 0 spiro atoms. The first-order valence-electron chi connectivity index (χ1n) is 9.34. The normalized spacial score (nSPS) is 10.5. The molecule has 0 unspecified atom stereocenters. The minimum absolute atomic E-state index is 0.0262. The van der Waals surface area contributed by atoms with Crippen molar-refractivity contribution in [1.82, 2.24) is 15.2 Å². The van der Waals surface area contributed by atoms with Crippen molar-refractivity contribution in [1.29, 1.82) is 0 Å². The van der Waals surface area contributed by atoms with Gasteiger partial charge in [-0.1, -0.05) is 6.07 Å². The van der Waals surface area contributed by atoms with Crippen LogP contribution in [0.15, 0.2) is 42.7 Å². The van der Waals surface area contributed by atoms with Crippen LogP contribution in [0.2, 0.25) is 0 Å². The molecule has 2 heterocycles. The predicted octanol–water partition coefficient (Wildman–Crippen LogP) is 2.89. The Bertz CT molecular complexity index is 993. The highest BCUT2D eigenvalue weighted by Gasteiger charge is 2.22. The number of hydrogen-bond acceptors (Lipinski definition) is 9. The van der Waals surface area contributed by atoms with E-state index in [9.17, 15) is 4.79 Å². The third-order valence-electron chi connectivity index (χ3n) is 4.15. The summed E-state index contributed by atoms with van der Waals surface area (Å²) in [6, 6.07) is 8.90. The molecule has 0 radical (unpaired) electrons. The fourth-order valence-electron chi connectivity index (χ4n) is 2.82. The van der Waals surface area contributed by atoms with Gasteiger partial charge in [-0.25, -0.2) is 4.79 Å². The van der Waals surface area contributed by atoms with Gasteiger partial charge in [0.25, 0.3) is 0 Å². The molecule has 10 heteroatoms. The summed E-state index contributed by atoms with van der Waals surface area (Å²) in [5.74, 6) is 0.578. The van der Waals surface area contributed by atoms with Crippen LogP contribution >= 0.6 is 0 Å². The zero-order valence-electron chi connectivity index (χ0n) is 17.5. The Morgan fingerprint density at radius 3 is 2.61 bits per heavy atom. The Morgan fingerprint density at radius 1 is 1.10 bits per heavy atom. The number of carbonyl (C=O) groups excluding carboxylic acids is 1. The molecule has 0 aliphatic rings. The molecule has 0 aliphatic carbocycles. The summed E-state index contributed by atoms with van der Waals surface area (Å²) >= 11 is 0. The van der Waals surface area contributed by atoms with E-state index in [1.54, 1.807) is 24.5 Å². The summed E-state index contributed by atoms with van der Waals surface area (Å²) in [4.78, 5) is 16.6. The summed E-state index contributed by atoms with van der Waals surface area (Å²) in [6.07, 6.45) is 4.14. The van der Waals surface area contributed by atoms with E-state index in [0.717, 1.165) is 11.3 Å². The van der Waals surface area contributed by atoms with Crippen LogP contribution in [0.5, 0.6) is 11.5 Å². The second-order valence-electron chi connectivity index (χ2n) is 6.38. The summed E-state index contributed by atoms with van der Waals surface area (Å²) in [6.45, 7) is -0.0345. The Morgan fingerprint density at radius 2 is 1.90 bits per heavy atom. The number of ether oxygens (including phenoxy) is 5. The standard InChI is InChI=1S/C21H24N4O6/c1-27-12-30-16-9-17(20(21(26)29-3)18(10-16)31-13-28-2)23-19-8-15(24-25-19)7-14-5-4-6-22-11-14/h4-6,8-11H,7,12-13H2,1-3H3,(H2,23,24,25). The number of aromatic nitrogens is 3. The van der Waals surface area contributed by atoms with Gasteiger partial charge < -0.3 is 29.0 Å². The molecule has 2 N–H and O–H groups in total. The van der Waals surface area contributed by atoms with E-state index in [4.69, 9.17) is 23.7 Å². The number of aromatic amines is 1. The number of nitrogens with one attached hydrogen (secondary N) is 2. The van der Waals surface area contributed by atoms with Gasteiger partial charge in [-0.15, -0.1) is 0 Å². The molecule has 164 valence electrons. The van der Waals surface area contributed by atoms with Crippen molar-refractivity contribution in [3.05, 3.63) is 59.5 Å². The molecule has 0 atom stereocenters. The second kappa shape index (κ2) is 11.0. The van der Waals surface area contributed by atoms with Gasteiger partial charge in [0.1, 0.15) is 17.1 Å². The summed E-state index contributed by atoms with van der Waals surface area (Å²) in [5, 5.41) is 10.4. The molecule has 0 aliphatic heterocycles. The molecule has 3 aromatic rings. The number of anilines is 2. The average Bonchev–Trinajstić information content (AvgIpc) is 3.22. The lowest BCUT2D eigenvalue weighted by molar-refractivity contribution is 0.0436. The molecule has 1 aromatic carbocycles. The Labute approximate surface area is 179 Å². The van der Waals surface area contributed by atoms with Gasteiger partial charge >= 0.3 is 5.97 Å². The quantitative estimate of drug-likeness (QED) is 0.351. The number of pyridine rings is 1. The van der Waals surface area contributed by atoms with E-state index in [-0.39, 0.29) is 24.9 Å². The molecule has 0 fully saturated rings. The van der Waals surface area contributed by atoms with Gasteiger partial charge in [0, 0.05) is 56.9 Å². The summed E-state index contributed by atoms with van der Waals surface area (Å²) in [7, 11) is 4.29. The maximum atomic E-state index is 12.5. The highest BCUT2D eigenvalue weighted by atomic mass is 16.7. The van der Waals surface area contributed by atoms with Crippen LogP contribution in [0.1, 0.15) is 21.6 Å². The molecule has 2 aromatic heterocycles. The molecule has 3 rings (SSSR count). The number of hydrogen-bond donors (Lipinski definition) is 2. The van der Waals surface area contributed by atoms with Crippen molar-refractivity contribution in [2.45, 2.75) is 6.42 Å². The van der Waals surface area contributed by atoms with Crippen molar-refractivity contribution in [2.24, 2.45) is 0 Å². The molecular weight excluding hydrogens is 404 g/mol. The highest BCUT2D eigenvalue weighted by molar-refractivity contribution is 5.99. The third kappa shape index (κ3) is 5.93. The van der Waals surface area contributed by atoms with Crippen LogP contribution in [0.3, 0.4) is 0 Å². The fraction of sp³-hybridized carbons (Fsp3) is 0.286. The van der Waals surface area contributed by atoms with E-state index >= 15 is 0 Å². The Balaban J connectivity index is 1.91. The van der Waals surface area contributed by atoms with E-state index in [1.807, 2.05) is 18.2 Å². The zero-order chi connectivity index (χ0) is 22.1. The van der Waals surface area contributed by atoms with Crippen molar-refractivity contribution in [3.63, 3.8) is 0 Å². The van der Waals surface area contributed by atoms with Crippen LogP contribution in [0.4, 0.5) is 11.5 Å². The lowest BCUT2D eigenvalue weighted by atomic mass is 10.1. The molecule has 0 amide bonds. The number of carbonyl (C=O) groups is 1. The van der Waals surface area contributed by atoms with Gasteiger partial charge in [0.15, 0.2) is 19.4 Å². The predicted molar refractivity (Wildman–Crippen MR) is 112 cm³/mol. The van der Waals surface area contributed by atoms with Crippen LogP contribution in [0.25, 0.3) is 0 Å². The summed E-state index contributed by atoms with van der Waals surface area (Å²) < 4.78 is 26.0. The smallest absolute Gasteiger partial charge is 0.343 e. The SMILES string of the molecule is COCOc1cc(Nc2cc(Cc3cccnc3)[nH]n2)c(C(=O)OC)c(OCOC)c1. The van der Waals surface area contributed by atoms with E-state index in [2.05, 4.69) is 20.5 Å². The number of nitrogens with zero attached hydrogens (tertiary/aromatic N) is 2. The van der Waals surface area contributed by atoms with Gasteiger partial charge in [-0.2, -0.15) is 5.10 Å². The van der Waals surface area contributed by atoms with Crippen molar-refractivity contribution < 1.29 is 28.5 Å². The topological polar surface area (TPSA) is 117 Å². The lowest BCUT2D eigenvalue weighted by Gasteiger charge is -2.16. The van der Waals surface area contributed by atoms with E-state index in [1.165, 1.54) is 21.3 Å². The lowest BCUT2D eigenvalue weighted by Crippen LogP contribution is -2.11. The van der Waals surface area contributed by atoms with Gasteiger partial charge in [-0.05, 0) is 11.6 Å². The third-order valence-corrected chi connectivity index (χ3v) is 4.15. The number of methoxy groups -OCH3 is 3. The highest BCUT2D eigenvalue weighted by Crippen LogP contribution is 2.35. The monoisotopic (exact) mass is 428 g/mol. The van der Waals surface area contributed by atoms with Gasteiger partial charge in [0.2, 0.25) is 0 Å². The molecule has 0 bridgehead atoms. The maximum absolute atomic E-state index is 12.5. The summed E-state index contributed by atoms with van der Waals surface area (Å²) in [5.41, 5.74) is 2.49.